The third-order valence-corrected chi connectivity index (χ3v) is 7.38. The number of hydrogen-bond donors (Lipinski definition) is 1. The summed E-state index contributed by atoms with van der Waals surface area (Å²) in [6.45, 7) is 3.95. The highest BCUT2D eigenvalue weighted by atomic mass is 79.9. The molecule has 1 saturated heterocycles. The molecule has 1 aliphatic heterocycles. The Morgan fingerprint density at radius 2 is 1.70 bits per heavy atom. The fraction of sp³-hybridized carbons (Fsp3) is 0.333. The molecule has 3 rings (SSSR count). The van der Waals surface area contributed by atoms with Crippen LogP contribution >= 0.6 is 15.9 Å². The van der Waals surface area contributed by atoms with Crippen molar-refractivity contribution in [2.75, 3.05) is 32.7 Å². The molecule has 1 aliphatic rings. The molecule has 0 aliphatic carbocycles. The predicted octanol–water partition coefficient (Wildman–Crippen LogP) is 2.47. The summed E-state index contributed by atoms with van der Waals surface area (Å²) in [6.07, 6.45) is 2.59. The van der Waals surface area contributed by atoms with Gasteiger partial charge in [0.2, 0.25) is 10.0 Å². The molecule has 30 heavy (non-hydrogen) atoms. The van der Waals surface area contributed by atoms with E-state index in [1.807, 2.05) is 29.2 Å². The fourth-order valence-electron chi connectivity index (χ4n) is 3.14. The quantitative estimate of drug-likeness (QED) is 0.475. The molecule has 0 saturated carbocycles. The first kappa shape index (κ1) is 22.6. The van der Waals surface area contributed by atoms with Crippen LogP contribution in [0.25, 0.3) is 0 Å². The maximum atomic E-state index is 12.7. The smallest absolute Gasteiger partial charge is 0.254 e. The van der Waals surface area contributed by atoms with Crippen molar-refractivity contribution >= 4 is 38.1 Å². The number of piperazine rings is 1. The van der Waals surface area contributed by atoms with Crippen molar-refractivity contribution in [2.24, 2.45) is 5.10 Å². The van der Waals surface area contributed by atoms with Gasteiger partial charge >= 0.3 is 0 Å². The van der Waals surface area contributed by atoms with E-state index < -0.39 is 10.0 Å². The molecular formula is C21H25BrN4O3S. The van der Waals surface area contributed by atoms with Gasteiger partial charge in [-0.2, -0.15) is 9.41 Å². The number of rotatable bonds is 7. The number of hydrazone groups is 1. The Balaban J connectivity index is 1.46. The van der Waals surface area contributed by atoms with Gasteiger partial charge in [0.1, 0.15) is 0 Å². The lowest BCUT2D eigenvalue weighted by Gasteiger charge is -2.33. The zero-order valence-corrected chi connectivity index (χ0v) is 19.2. The Kier molecular flexibility index (Phi) is 7.76. The normalized spacial score (nSPS) is 16.1. The summed E-state index contributed by atoms with van der Waals surface area (Å²) in [6, 6.07) is 14.6. The van der Waals surface area contributed by atoms with Crippen molar-refractivity contribution in [1.82, 2.24) is 14.6 Å². The molecule has 2 aromatic carbocycles. The maximum absolute atomic E-state index is 12.7. The van der Waals surface area contributed by atoms with Crippen molar-refractivity contribution in [2.45, 2.75) is 18.2 Å². The second kappa shape index (κ2) is 10.3. The molecule has 160 valence electrons. The van der Waals surface area contributed by atoms with Crippen molar-refractivity contribution in [3.05, 3.63) is 64.1 Å². The van der Waals surface area contributed by atoms with Crippen LogP contribution in [0.3, 0.4) is 0 Å². The van der Waals surface area contributed by atoms with E-state index in [1.165, 1.54) is 9.87 Å². The van der Waals surface area contributed by atoms with E-state index in [9.17, 15) is 13.2 Å². The predicted molar refractivity (Wildman–Crippen MR) is 121 cm³/mol. The SMILES string of the molecule is CCc1ccc(/C=N\NC(=O)CN2CCN(S(=O)(=O)c3ccc(Br)cc3)CC2)cc1. The number of halogens is 1. The van der Waals surface area contributed by atoms with E-state index >= 15 is 0 Å². The van der Waals surface area contributed by atoms with E-state index in [0.29, 0.717) is 26.2 Å². The summed E-state index contributed by atoms with van der Waals surface area (Å²) >= 11 is 3.31. The summed E-state index contributed by atoms with van der Waals surface area (Å²) in [5.74, 6) is -0.222. The fourth-order valence-corrected chi connectivity index (χ4v) is 4.83. The highest BCUT2D eigenvalue weighted by Crippen LogP contribution is 2.20. The number of nitrogens with one attached hydrogen (secondary N) is 1. The summed E-state index contributed by atoms with van der Waals surface area (Å²) in [5.41, 5.74) is 4.70. The number of aryl methyl sites for hydroxylation is 1. The molecule has 1 N–H and O–H groups in total. The lowest BCUT2D eigenvalue weighted by molar-refractivity contribution is -0.122. The van der Waals surface area contributed by atoms with Gasteiger partial charge in [0, 0.05) is 30.7 Å². The van der Waals surface area contributed by atoms with Crippen LogP contribution in [0.2, 0.25) is 0 Å². The molecule has 0 spiro atoms. The van der Waals surface area contributed by atoms with Gasteiger partial charge in [-0.3, -0.25) is 9.69 Å². The van der Waals surface area contributed by atoms with Crippen LogP contribution in [0.4, 0.5) is 0 Å². The zero-order valence-electron chi connectivity index (χ0n) is 16.8. The summed E-state index contributed by atoms with van der Waals surface area (Å²) in [4.78, 5) is 14.3. The highest BCUT2D eigenvalue weighted by molar-refractivity contribution is 9.10. The van der Waals surface area contributed by atoms with Gasteiger partial charge in [0.25, 0.3) is 5.91 Å². The Morgan fingerprint density at radius 3 is 2.30 bits per heavy atom. The number of hydrogen-bond acceptors (Lipinski definition) is 5. The molecule has 9 heteroatoms. The number of benzene rings is 2. The monoisotopic (exact) mass is 492 g/mol. The van der Waals surface area contributed by atoms with Crippen LogP contribution in [0, 0.1) is 0 Å². The van der Waals surface area contributed by atoms with Crippen LogP contribution in [-0.4, -0.2) is 62.5 Å². The van der Waals surface area contributed by atoms with Gasteiger partial charge in [0.15, 0.2) is 0 Å². The minimum absolute atomic E-state index is 0.179. The highest BCUT2D eigenvalue weighted by Gasteiger charge is 2.28. The first-order chi connectivity index (χ1) is 14.4. The van der Waals surface area contributed by atoms with Crippen LogP contribution in [0.5, 0.6) is 0 Å². The summed E-state index contributed by atoms with van der Waals surface area (Å²) in [5, 5.41) is 4.00. The third-order valence-electron chi connectivity index (χ3n) is 4.94. The molecule has 2 aromatic rings. The van der Waals surface area contributed by atoms with E-state index in [2.05, 4.69) is 33.4 Å². The molecule has 7 nitrogen and oxygen atoms in total. The van der Waals surface area contributed by atoms with Crippen molar-refractivity contribution in [3.8, 4) is 0 Å². The lowest BCUT2D eigenvalue weighted by atomic mass is 10.1. The molecule has 1 fully saturated rings. The van der Waals surface area contributed by atoms with E-state index in [-0.39, 0.29) is 17.3 Å². The number of sulfonamides is 1. The number of nitrogens with zero attached hydrogens (tertiary/aromatic N) is 3. The van der Waals surface area contributed by atoms with Crippen molar-refractivity contribution in [3.63, 3.8) is 0 Å². The van der Waals surface area contributed by atoms with Gasteiger partial charge in [-0.1, -0.05) is 47.1 Å². The standard InChI is InChI=1S/C21H25BrN4O3S/c1-2-17-3-5-18(6-4-17)15-23-24-21(27)16-25-11-13-26(14-12-25)30(28,29)20-9-7-19(22)8-10-20/h3-10,15H,2,11-14,16H2,1H3,(H,24,27)/b23-15-. The summed E-state index contributed by atoms with van der Waals surface area (Å²) < 4.78 is 27.8. The second-order valence-electron chi connectivity index (χ2n) is 7.02. The first-order valence-corrected chi connectivity index (χ1v) is 12.0. The molecule has 0 aromatic heterocycles. The Bertz CT molecular complexity index is 984. The molecule has 0 atom stereocenters. The number of carbonyl (C=O) groups is 1. The van der Waals surface area contributed by atoms with Crippen LogP contribution < -0.4 is 5.43 Å². The Hall–Kier alpha value is -2.07. The van der Waals surface area contributed by atoms with Gasteiger partial charge in [-0.25, -0.2) is 13.8 Å². The molecule has 1 amide bonds. The second-order valence-corrected chi connectivity index (χ2v) is 9.88. The first-order valence-electron chi connectivity index (χ1n) is 9.77. The Morgan fingerprint density at radius 1 is 1.07 bits per heavy atom. The molecular weight excluding hydrogens is 468 g/mol. The van der Waals surface area contributed by atoms with Gasteiger partial charge in [-0.05, 0) is 41.8 Å². The topological polar surface area (TPSA) is 82.1 Å². The lowest BCUT2D eigenvalue weighted by Crippen LogP contribution is -2.50. The molecule has 0 unspecified atom stereocenters. The number of carbonyl (C=O) groups excluding carboxylic acids is 1. The average molecular weight is 493 g/mol. The third kappa shape index (κ3) is 5.98. The maximum Gasteiger partial charge on any atom is 0.254 e. The minimum atomic E-state index is -3.52. The molecule has 1 heterocycles. The van der Waals surface area contributed by atoms with Crippen LogP contribution in [0.15, 0.2) is 63.0 Å². The largest absolute Gasteiger partial charge is 0.292 e. The van der Waals surface area contributed by atoms with Crippen LogP contribution in [-0.2, 0) is 21.2 Å². The van der Waals surface area contributed by atoms with Gasteiger partial charge in [-0.15, -0.1) is 0 Å². The van der Waals surface area contributed by atoms with Crippen molar-refractivity contribution in [1.29, 1.82) is 0 Å². The average Bonchev–Trinajstić information content (AvgIpc) is 2.75. The minimum Gasteiger partial charge on any atom is -0.292 e. The summed E-state index contributed by atoms with van der Waals surface area (Å²) in [7, 11) is -3.52. The zero-order chi connectivity index (χ0) is 21.6. The van der Waals surface area contributed by atoms with E-state index in [4.69, 9.17) is 0 Å². The van der Waals surface area contributed by atoms with Gasteiger partial charge < -0.3 is 0 Å². The van der Waals surface area contributed by atoms with Gasteiger partial charge in [0.05, 0.1) is 17.7 Å². The van der Waals surface area contributed by atoms with Crippen LogP contribution in [0.1, 0.15) is 18.1 Å². The number of amides is 1. The van der Waals surface area contributed by atoms with E-state index in [0.717, 1.165) is 16.5 Å². The Labute approximate surface area is 185 Å². The molecule has 0 bridgehead atoms. The van der Waals surface area contributed by atoms with E-state index in [1.54, 1.807) is 30.5 Å². The molecule has 0 radical (unpaired) electrons. The van der Waals surface area contributed by atoms with Crippen molar-refractivity contribution < 1.29 is 13.2 Å².